The number of nitrogens with one attached hydrogen (secondary N) is 1. The molecule has 1 saturated heterocycles. The summed E-state index contributed by atoms with van der Waals surface area (Å²) >= 11 is 0. The molecule has 0 spiro atoms. The zero-order valence-corrected chi connectivity index (χ0v) is 11.3. The van der Waals surface area contributed by atoms with Gasteiger partial charge in [0.15, 0.2) is 0 Å². The fourth-order valence-corrected chi connectivity index (χ4v) is 2.10. The molecule has 96 valence electrons. The Morgan fingerprint density at radius 1 is 1.59 bits per heavy atom. The van der Waals surface area contributed by atoms with Crippen LogP contribution in [0.3, 0.4) is 0 Å². The Hall–Kier alpha value is -1.07. The SMILES string of the molecule is Cc1cc(C(=O)N2CCNC[C@H]2C)n(C)n1.Cl. The number of rotatable bonds is 1. The maximum Gasteiger partial charge on any atom is 0.272 e. The lowest BCUT2D eigenvalue weighted by Gasteiger charge is -2.33. The molecule has 1 aromatic heterocycles. The quantitative estimate of drug-likeness (QED) is 0.802. The van der Waals surface area contributed by atoms with Gasteiger partial charge < -0.3 is 10.2 Å². The second kappa shape index (κ2) is 5.51. The third-order valence-corrected chi connectivity index (χ3v) is 2.98. The second-order valence-electron chi connectivity index (χ2n) is 4.35. The van der Waals surface area contributed by atoms with E-state index in [1.165, 1.54) is 0 Å². The van der Waals surface area contributed by atoms with E-state index in [9.17, 15) is 4.79 Å². The van der Waals surface area contributed by atoms with Gasteiger partial charge in [0.2, 0.25) is 0 Å². The van der Waals surface area contributed by atoms with E-state index in [0.29, 0.717) is 5.69 Å². The fraction of sp³-hybridized carbons (Fsp3) is 0.636. The largest absolute Gasteiger partial charge is 0.332 e. The van der Waals surface area contributed by atoms with Crippen LogP contribution in [0, 0.1) is 6.92 Å². The van der Waals surface area contributed by atoms with Gasteiger partial charge >= 0.3 is 0 Å². The van der Waals surface area contributed by atoms with E-state index in [2.05, 4.69) is 17.3 Å². The van der Waals surface area contributed by atoms with Crippen LogP contribution in [0.25, 0.3) is 0 Å². The number of amides is 1. The maximum absolute atomic E-state index is 12.3. The van der Waals surface area contributed by atoms with Crippen LogP contribution in [0.4, 0.5) is 0 Å². The highest BCUT2D eigenvalue weighted by Crippen LogP contribution is 2.10. The van der Waals surface area contributed by atoms with Crippen molar-refractivity contribution in [2.45, 2.75) is 19.9 Å². The predicted octanol–water partition coefficient (Wildman–Crippen LogP) is 0.584. The first-order chi connectivity index (χ1) is 7.59. The summed E-state index contributed by atoms with van der Waals surface area (Å²) in [5.41, 5.74) is 1.56. The molecule has 1 aromatic rings. The van der Waals surface area contributed by atoms with Crippen LogP contribution in [0.5, 0.6) is 0 Å². The Bertz CT molecular complexity index is 404. The Balaban J connectivity index is 0.00000144. The van der Waals surface area contributed by atoms with E-state index in [1.54, 1.807) is 4.68 Å². The standard InChI is InChI=1S/C11H18N4O.ClH/c1-8-6-10(14(3)13-8)11(16)15-5-4-12-7-9(15)2;/h6,9,12H,4-5,7H2,1-3H3;1H/t9-;/m1./s1. The number of hydrogen-bond donors (Lipinski definition) is 1. The van der Waals surface area contributed by atoms with Crippen LogP contribution in [0.1, 0.15) is 23.1 Å². The van der Waals surface area contributed by atoms with Crippen molar-refractivity contribution in [2.75, 3.05) is 19.6 Å². The summed E-state index contributed by atoms with van der Waals surface area (Å²) in [6.45, 7) is 6.46. The van der Waals surface area contributed by atoms with Crippen molar-refractivity contribution >= 4 is 18.3 Å². The average molecular weight is 259 g/mol. The van der Waals surface area contributed by atoms with Crippen molar-refractivity contribution in [2.24, 2.45) is 7.05 Å². The third kappa shape index (κ3) is 2.79. The van der Waals surface area contributed by atoms with Crippen LogP contribution in [-0.4, -0.2) is 46.3 Å². The highest BCUT2D eigenvalue weighted by Gasteiger charge is 2.25. The molecule has 0 aliphatic carbocycles. The highest BCUT2D eigenvalue weighted by atomic mass is 35.5. The number of halogens is 1. The molecule has 1 aliphatic rings. The molecule has 0 unspecified atom stereocenters. The minimum Gasteiger partial charge on any atom is -0.332 e. The zero-order valence-electron chi connectivity index (χ0n) is 10.4. The monoisotopic (exact) mass is 258 g/mol. The fourth-order valence-electron chi connectivity index (χ4n) is 2.10. The number of aromatic nitrogens is 2. The molecule has 0 saturated carbocycles. The van der Waals surface area contributed by atoms with E-state index in [0.717, 1.165) is 25.3 Å². The van der Waals surface area contributed by atoms with Crippen molar-refractivity contribution in [3.8, 4) is 0 Å². The Morgan fingerprint density at radius 3 is 2.82 bits per heavy atom. The number of carbonyl (C=O) groups excluding carboxylic acids is 1. The molecule has 1 fully saturated rings. The van der Waals surface area contributed by atoms with Crippen molar-refractivity contribution in [3.05, 3.63) is 17.5 Å². The molecular weight excluding hydrogens is 240 g/mol. The summed E-state index contributed by atoms with van der Waals surface area (Å²) < 4.78 is 1.66. The van der Waals surface area contributed by atoms with Crippen molar-refractivity contribution in [1.29, 1.82) is 0 Å². The lowest BCUT2D eigenvalue weighted by atomic mass is 10.2. The van der Waals surface area contributed by atoms with Crippen LogP contribution >= 0.6 is 12.4 Å². The van der Waals surface area contributed by atoms with Crippen LogP contribution < -0.4 is 5.32 Å². The molecule has 1 aliphatic heterocycles. The first-order valence-electron chi connectivity index (χ1n) is 5.62. The molecule has 1 amide bonds. The van der Waals surface area contributed by atoms with Gasteiger partial charge in [-0.05, 0) is 19.9 Å². The average Bonchev–Trinajstić information content (AvgIpc) is 2.58. The van der Waals surface area contributed by atoms with Gasteiger partial charge in [-0.2, -0.15) is 5.10 Å². The number of hydrogen-bond acceptors (Lipinski definition) is 3. The van der Waals surface area contributed by atoms with Crippen LogP contribution in [0.2, 0.25) is 0 Å². The molecule has 5 nitrogen and oxygen atoms in total. The zero-order chi connectivity index (χ0) is 11.7. The Kier molecular flexibility index (Phi) is 4.54. The molecule has 1 N–H and O–H groups in total. The van der Waals surface area contributed by atoms with E-state index in [1.807, 2.05) is 24.9 Å². The molecular formula is C11H19ClN4O. The topological polar surface area (TPSA) is 50.2 Å². The summed E-state index contributed by atoms with van der Waals surface area (Å²) in [4.78, 5) is 14.2. The normalized spacial score (nSPS) is 19.9. The Morgan fingerprint density at radius 2 is 2.29 bits per heavy atom. The lowest BCUT2D eigenvalue weighted by Crippen LogP contribution is -2.52. The minimum atomic E-state index is 0. The molecule has 17 heavy (non-hydrogen) atoms. The van der Waals surface area contributed by atoms with Crippen LogP contribution in [-0.2, 0) is 7.05 Å². The molecule has 2 rings (SSSR count). The van der Waals surface area contributed by atoms with E-state index < -0.39 is 0 Å². The van der Waals surface area contributed by atoms with Crippen molar-refractivity contribution in [3.63, 3.8) is 0 Å². The van der Waals surface area contributed by atoms with E-state index >= 15 is 0 Å². The summed E-state index contributed by atoms with van der Waals surface area (Å²) in [7, 11) is 1.81. The highest BCUT2D eigenvalue weighted by molar-refractivity contribution is 5.93. The van der Waals surface area contributed by atoms with Crippen molar-refractivity contribution in [1.82, 2.24) is 20.0 Å². The number of piperazine rings is 1. The van der Waals surface area contributed by atoms with Gasteiger partial charge in [-0.1, -0.05) is 0 Å². The van der Waals surface area contributed by atoms with E-state index in [4.69, 9.17) is 0 Å². The van der Waals surface area contributed by atoms with Gasteiger partial charge in [0, 0.05) is 32.7 Å². The summed E-state index contributed by atoms with van der Waals surface area (Å²) in [5.74, 6) is 0.0806. The molecule has 6 heteroatoms. The van der Waals surface area contributed by atoms with Gasteiger partial charge in [-0.15, -0.1) is 12.4 Å². The first kappa shape index (κ1) is 14.0. The van der Waals surface area contributed by atoms with Crippen molar-refractivity contribution < 1.29 is 4.79 Å². The van der Waals surface area contributed by atoms with Gasteiger partial charge in [0.25, 0.3) is 5.91 Å². The van der Waals surface area contributed by atoms with Gasteiger partial charge in [0.1, 0.15) is 5.69 Å². The molecule has 0 aromatic carbocycles. The predicted molar refractivity (Wildman–Crippen MR) is 68.6 cm³/mol. The number of carbonyl (C=O) groups is 1. The molecule has 1 atom stereocenters. The van der Waals surface area contributed by atoms with Crippen LogP contribution in [0.15, 0.2) is 6.07 Å². The third-order valence-electron chi connectivity index (χ3n) is 2.98. The summed E-state index contributed by atoms with van der Waals surface area (Å²) in [5, 5.41) is 7.48. The second-order valence-corrected chi connectivity index (χ2v) is 4.35. The van der Waals surface area contributed by atoms with Gasteiger partial charge in [-0.3, -0.25) is 9.48 Å². The maximum atomic E-state index is 12.3. The summed E-state index contributed by atoms with van der Waals surface area (Å²) in [6, 6.07) is 2.09. The Labute approximate surface area is 108 Å². The number of nitrogens with zero attached hydrogens (tertiary/aromatic N) is 3. The lowest BCUT2D eigenvalue weighted by molar-refractivity contribution is 0.0644. The van der Waals surface area contributed by atoms with E-state index in [-0.39, 0.29) is 24.4 Å². The molecule has 0 bridgehead atoms. The minimum absolute atomic E-state index is 0. The molecule has 0 radical (unpaired) electrons. The smallest absolute Gasteiger partial charge is 0.272 e. The summed E-state index contributed by atoms with van der Waals surface area (Å²) in [6.07, 6.45) is 0. The van der Waals surface area contributed by atoms with Gasteiger partial charge in [0.05, 0.1) is 5.69 Å². The first-order valence-corrected chi connectivity index (χ1v) is 5.62. The number of aryl methyl sites for hydroxylation is 2. The molecule has 2 heterocycles. The van der Waals surface area contributed by atoms with Gasteiger partial charge in [-0.25, -0.2) is 0 Å².